The predicted molar refractivity (Wildman–Crippen MR) is 261 cm³/mol. The van der Waals surface area contributed by atoms with E-state index in [0.717, 1.165) is 67.2 Å². The minimum Gasteiger partial charge on any atom is -0.309 e. The van der Waals surface area contributed by atoms with Gasteiger partial charge in [-0.25, -0.2) is 4.98 Å². The van der Waals surface area contributed by atoms with E-state index in [1.54, 1.807) is 0 Å². The van der Waals surface area contributed by atoms with Crippen LogP contribution in [0, 0.1) is 0 Å². The first-order chi connectivity index (χ1) is 30.7. The summed E-state index contributed by atoms with van der Waals surface area (Å²) in [6.45, 7) is 9.53. The van der Waals surface area contributed by atoms with Crippen molar-refractivity contribution < 1.29 is 0 Å². The summed E-state index contributed by atoms with van der Waals surface area (Å²) < 4.78 is 4.64. The van der Waals surface area contributed by atoms with Crippen LogP contribution in [0.25, 0.3) is 100 Å². The van der Waals surface area contributed by atoms with Crippen molar-refractivity contribution in [2.75, 3.05) is 0 Å². The van der Waals surface area contributed by atoms with E-state index in [1.807, 2.05) is 24.3 Å². The van der Waals surface area contributed by atoms with Gasteiger partial charge in [-0.05, 0) is 87.0 Å². The fourth-order valence-corrected chi connectivity index (χ4v) is 10.7. The highest BCUT2D eigenvalue weighted by molar-refractivity contribution is 6.19. The van der Waals surface area contributed by atoms with Crippen molar-refractivity contribution in [1.29, 1.82) is 0 Å². The Morgan fingerprint density at radius 1 is 0.365 bits per heavy atom. The maximum absolute atomic E-state index is 5.37. The second-order valence-corrected chi connectivity index (χ2v) is 18.4. The van der Waals surface area contributed by atoms with Crippen molar-refractivity contribution >= 4 is 43.6 Å². The SMILES string of the molecule is CC1(C)CC(C)(C)c2cc(-c3ccc(-n4c5ccccc5c5cc6c7ccccc7n(-c7nc(-c8ccccc8)nc(-c8ccccc8-c8ccccc8)n7)c6cc54)cc3)ccc21. The standard InChI is InChI=1S/C58H45N5/c1-57(2)36-58(3,4)49-33-40(29-32-48(49)57)37-27-30-41(31-28-37)62-50-25-15-13-22-43(50)46-34-47-44-23-14-16-26-51(44)63(53(47)35-52(46)62)56-60-54(39-19-9-6-10-20-39)59-55(61-56)45-24-12-11-21-42(45)38-17-7-5-8-18-38/h5-35H,36H2,1-4H3. The van der Waals surface area contributed by atoms with Crippen LogP contribution in [-0.2, 0) is 10.8 Å². The van der Waals surface area contributed by atoms with Gasteiger partial charge in [0, 0.05) is 38.4 Å². The lowest BCUT2D eigenvalue weighted by atomic mass is 9.82. The summed E-state index contributed by atoms with van der Waals surface area (Å²) in [7, 11) is 0. The first-order valence-electron chi connectivity index (χ1n) is 21.9. The Bertz CT molecular complexity index is 3580. The van der Waals surface area contributed by atoms with E-state index in [-0.39, 0.29) is 10.8 Å². The average Bonchev–Trinajstić information content (AvgIpc) is 3.89. The number of hydrogen-bond acceptors (Lipinski definition) is 3. The van der Waals surface area contributed by atoms with Gasteiger partial charge >= 0.3 is 0 Å². The third-order valence-electron chi connectivity index (χ3n) is 13.4. The van der Waals surface area contributed by atoms with Crippen molar-refractivity contribution in [2.45, 2.75) is 44.9 Å². The van der Waals surface area contributed by atoms with Gasteiger partial charge in [0.25, 0.3) is 0 Å². The highest BCUT2D eigenvalue weighted by atomic mass is 15.2. The van der Waals surface area contributed by atoms with E-state index in [4.69, 9.17) is 15.0 Å². The van der Waals surface area contributed by atoms with Crippen LogP contribution >= 0.6 is 0 Å². The third kappa shape index (κ3) is 5.95. The molecule has 3 aromatic heterocycles. The Balaban J connectivity index is 1.07. The molecule has 0 bridgehead atoms. The number of hydrogen-bond donors (Lipinski definition) is 0. The van der Waals surface area contributed by atoms with E-state index in [2.05, 4.69) is 201 Å². The minimum atomic E-state index is 0.143. The van der Waals surface area contributed by atoms with Crippen molar-refractivity contribution in [3.05, 3.63) is 199 Å². The molecule has 11 aromatic rings. The smallest absolute Gasteiger partial charge is 0.238 e. The molecule has 1 aliphatic rings. The van der Waals surface area contributed by atoms with Crippen molar-refractivity contribution in [1.82, 2.24) is 24.1 Å². The van der Waals surface area contributed by atoms with Crippen LogP contribution in [0.15, 0.2) is 188 Å². The van der Waals surface area contributed by atoms with Crippen molar-refractivity contribution in [3.8, 4) is 56.7 Å². The predicted octanol–water partition coefficient (Wildman–Crippen LogP) is 14.7. The van der Waals surface area contributed by atoms with E-state index in [0.29, 0.717) is 17.6 Å². The second kappa shape index (κ2) is 13.9. The van der Waals surface area contributed by atoms with Crippen LogP contribution in [0.1, 0.15) is 45.2 Å². The summed E-state index contributed by atoms with van der Waals surface area (Å²) in [5.74, 6) is 1.81. The van der Waals surface area contributed by atoms with Gasteiger partial charge in [-0.3, -0.25) is 4.57 Å². The van der Waals surface area contributed by atoms with E-state index in [1.165, 1.54) is 33.0 Å². The van der Waals surface area contributed by atoms with Gasteiger partial charge in [0.15, 0.2) is 11.6 Å². The lowest BCUT2D eigenvalue weighted by molar-refractivity contribution is 0.403. The molecule has 0 aliphatic heterocycles. The first kappa shape index (κ1) is 37.2. The molecule has 63 heavy (non-hydrogen) atoms. The molecule has 1 aliphatic carbocycles. The fraction of sp³-hybridized carbons (Fsp3) is 0.121. The van der Waals surface area contributed by atoms with E-state index in [9.17, 15) is 0 Å². The molecule has 0 spiro atoms. The molecule has 0 fully saturated rings. The largest absolute Gasteiger partial charge is 0.309 e. The average molecular weight is 812 g/mol. The van der Waals surface area contributed by atoms with Crippen LogP contribution < -0.4 is 0 Å². The zero-order valence-electron chi connectivity index (χ0n) is 35.8. The molecule has 5 nitrogen and oxygen atoms in total. The van der Waals surface area contributed by atoms with Gasteiger partial charge < -0.3 is 4.57 Å². The molecular formula is C58H45N5. The molecule has 302 valence electrons. The number of benzene rings is 8. The second-order valence-electron chi connectivity index (χ2n) is 18.4. The molecule has 0 saturated heterocycles. The molecule has 3 heterocycles. The molecule has 0 atom stereocenters. The summed E-state index contributed by atoms with van der Waals surface area (Å²) in [6, 6.07) is 67.4. The number of nitrogens with zero attached hydrogens (tertiary/aromatic N) is 5. The Morgan fingerprint density at radius 3 is 1.60 bits per heavy atom. The molecule has 5 heteroatoms. The molecule has 8 aromatic carbocycles. The maximum Gasteiger partial charge on any atom is 0.238 e. The molecule has 0 radical (unpaired) electrons. The zero-order valence-corrected chi connectivity index (χ0v) is 35.8. The van der Waals surface area contributed by atoms with Crippen molar-refractivity contribution in [3.63, 3.8) is 0 Å². The highest BCUT2D eigenvalue weighted by Crippen LogP contribution is 2.50. The molecule has 0 N–H and O–H groups in total. The van der Waals surface area contributed by atoms with Gasteiger partial charge in [-0.1, -0.05) is 179 Å². The molecule has 0 amide bonds. The molecule has 0 saturated carbocycles. The number of aromatic nitrogens is 5. The molecule has 12 rings (SSSR count). The summed E-state index contributed by atoms with van der Waals surface area (Å²) in [6.07, 6.45) is 1.16. The number of fused-ring (bicyclic) bond motifs is 7. The lowest BCUT2D eigenvalue weighted by Crippen LogP contribution is -2.17. The molecule has 0 unspecified atom stereocenters. The van der Waals surface area contributed by atoms with E-state index >= 15 is 0 Å². The number of para-hydroxylation sites is 2. The van der Waals surface area contributed by atoms with Crippen LogP contribution in [0.5, 0.6) is 0 Å². The Labute approximate surface area is 367 Å². The normalized spacial score (nSPS) is 14.2. The summed E-state index contributed by atoms with van der Waals surface area (Å²) >= 11 is 0. The van der Waals surface area contributed by atoms with Gasteiger partial charge in [0.05, 0.1) is 22.1 Å². The topological polar surface area (TPSA) is 48.5 Å². The Morgan fingerprint density at radius 2 is 0.905 bits per heavy atom. The summed E-state index contributed by atoms with van der Waals surface area (Å²) in [4.78, 5) is 15.8. The van der Waals surface area contributed by atoms with Gasteiger partial charge in [-0.2, -0.15) is 9.97 Å². The first-order valence-corrected chi connectivity index (χ1v) is 21.9. The van der Waals surface area contributed by atoms with E-state index < -0.39 is 0 Å². The Kier molecular flexibility index (Phi) is 8.23. The van der Waals surface area contributed by atoms with Crippen LogP contribution in [0.2, 0.25) is 0 Å². The molecular weight excluding hydrogens is 767 g/mol. The third-order valence-corrected chi connectivity index (χ3v) is 13.4. The van der Waals surface area contributed by atoms with Crippen LogP contribution in [0.3, 0.4) is 0 Å². The highest BCUT2D eigenvalue weighted by Gasteiger charge is 2.41. The monoisotopic (exact) mass is 811 g/mol. The van der Waals surface area contributed by atoms with Gasteiger partial charge in [-0.15, -0.1) is 0 Å². The quantitative estimate of drug-likeness (QED) is 0.168. The van der Waals surface area contributed by atoms with Crippen molar-refractivity contribution in [2.24, 2.45) is 0 Å². The summed E-state index contributed by atoms with van der Waals surface area (Å²) in [5, 5.41) is 4.70. The lowest BCUT2D eigenvalue weighted by Gasteiger charge is -2.22. The van der Waals surface area contributed by atoms with Crippen LogP contribution in [-0.4, -0.2) is 24.1 Å². The van der Waals surface area contributed by atoms with Gasteiger partial charge in [0.2, 0.25) is 5.95 Å². The Hall–Kier alpha value is -7.63. The fourth-order valence-electron chi connectivity index (χ4n) is 10.7. The summed E-state index contributed by atoms with van der Waals surface area (Å²) in [5.41, 5.74) is 15.3. The zero-order chi connectivity index (χ0) is 42.5. The van der Waals surface area contributed by atoms with Gasteiger partial charge in [0.1, 0.15) is 0 Å². The maximum atomic E-state index is 5.37. The minimum absolute atomic E-state index is 0.143. The number of rotatable bonds is 6. The van der Waals surface area contributed by atoms with Crippen LogP contribution in [0.4, 0.5) is 0 Å².